The van der Waals surface area contributed by atoms with Gasteiger partial charge in [-0.05, 0) is 37.0 Å². The molecule has 1 aromatic heterocycles. The van der Waals surface area contributed by atoms with E-state index in [1.807, 2.05) is 7.05 Å². The Balaban J connectivity index is 2.43. The van der Waals surface area contributed by atoms with Crippen LogP contribution >= 0.6 is 11.3 Å². The maximum atomic E-state index is 4.01. The quantitative estimate of drug-likeness (QED) is 0.726. The van der Waals surface area contributed by atoms with Gasteiger partial charge in [0.1, 0.15) is 0 Å². The van der Waals surface area contributed by atoms with Crippen molar-refractivity contribution in [3.63, 3.8) is 0 Å². The molecule has 0 unspecified atom stereocenters. The van der Waals surface area contributed by atoms with Crippen LogP contribution in [-0.4, -0.2) is 13.6 Å². The summed E-state index contributed by atoms with van der Waals surface area (Å²) in [5.74, 6) is 0. The van der Waals surface area contributed by atoms with Crippen molar-refractivity contribution in [2.75, 3.05) is 13.6 Å². The lowest BCUT2D eigenvalue weighted by Crippen LogP contribution is -2.07. The molecule has 0 amide bonds. The highest BCUT2D eigenvalue weighted by atomic mass is 32.1. The zero-order valence-corrected chi connectivity index (χ0v) is 7.58. The van der Waals surface area contributed by atoms with Gasteiger partial charge in [0.2, 0.25) is 0 Å². The number of hydrogen-bond donors (Lipinski definition) is 1. The van der Waals surface area contributed by atoms with Crippen LogP contribution in [0.4, 0.5) is 0 Å². The van der Waals surface area contributed by atoms with Gasteiger partial charge in [-0.15, -0.1) is 11.3 Å². The zero-order valence-electron chi connectivity index (χ0n) is 6.76. The number of rotatable bonds is 4. The van der Waals surface area contributed by atoms with Crippen molar-refractivity contribution in [3.05, 3.63) is 29.0 Å². The predicted molar refractivity (Wildman–Crippen MR) is 51.9 cm³/mol. The van der Waals surface area contributed by atoms with Crippen molar-refractivity contribution in [3.8, 4) is 0 Å². The van der Waals surface area contributed by atoms with Gasteiger partial charge in [-0.1, -0.05) is 12.6 Å². The van der Waals surface area contributed by atoms with E-state index in [1.165, 1.54) is 10.5 Å². The maximum absolute atomic E-state index is 4.01. The fraction of sp³-hybridized carbons (Fsp3) is 0.333. The Morgan fingerprint density at radius 2 is 2.55 bits per heavy atom. The highest BCUT2D eigenvalue weighted by Crippen LogP contribution is 2.20. The van der Waals surface area contributed by atoms with Crippen LogP contribution in [0.3, 0.4) is 0 Å². The van der Waals surface area contributed by atoms with Crippen LogP contribution in [0.2, 0.25) is 0 Å². The monoisotopic (exact) mass is 167 g/mol. The van der Waals surface area contributed by atoms with Gasteiger partial charge in [-0.3, -0.25) is 0 Å². The molecule has 0 bridgehead atoms. The lowest BCUT2D eigenvalue weighted by atomic mass is 10.2. The van der Waals surface area contributed by atoms with E-state index in [0.29, 0.717) is 0 Å². The molecule has 0 saturated carbocycles. The molecule has 0 saturated heterocycles. The van der Waals surface area contributed by atoms with E-state index in [9.17, 15) is 0 Å². The van der Waals surface area contributed by atoms with Gasteiger partial charge in [-0.2, -0.15) is 0 Å². The Hall–Kier alpha value is -0.600. The molecule has 1 rings (SSSR count). The van der Waals surface area contributed by atoms with E-state index in [-0.39, 0.29) is 0 Å². The third-order valence-corrected chi connectivity index (χ3v) is 2.52. The molecule has 0 fully saturated rings. The third kappa shape index (κ3) is 2.48. The van der Waals surface area contributed by atoms with E-state index in [0.717, 1.165) is 13.0 Å². The van der Waals surface area contributed by atoms with Crippen LogP contribution in [0.5, 0.6) is 0 Å². The second-order valence-corrected chi connectivity index (χ2v) is 3.38. The second-order valence-electron chi connectivity index (χ2n) is 2.43. The first kappa shape index (κ1) is 8.50. The second kappa shape index (κ2) is 4.31. The standard InChI is InChI=1S/C9H13NS/c1-8(5-6-10-2)9-4-3-7-11-9/h3-4,7,10H,1,5-6H2,2H3. The highest BCUT2D eigenvalue weighted by Gasteiger charge is 1.97. The molecule has 1 nitrogen and oxygen atoms in total. The summed E-state index contributed by atoms with van der Waals surface area (Å²) in [6, 6.07) is 4.17. The summed E-state index contributed by atoms with van der Waals surface area (Å²) in [7, 11) is 1.96. The lowest BCUT2D eigenvalue weighted by Gasteiger charge is -2.00. The van der Waals surface area contributed by atoms with Gasteiger partial charge in [0, 0.05) is 4.88 Å². The summed E-state index contributed by atoms with van der Waals surface area (Å²) in [6.07, 6.45) is 1.04. The summed E-state index contributed by atoms with van der Waals surface area (Å²) >= 11 is 1.75. The molecular formula is C9H13NS. The first-order valence-corrected chi connectivity index (χ1v) is 4.59. The van der Waals surface area contributed by atoms with Gasteiger partial charge >= 0.3 is 0 Å². The maximum Gasteiger partial charge on any atom is 0.0296 e. The van der Waals surface area contributed by atoms with Crippen molar-refractivity contribution in [1.29, 1.82) is 0 Å². The average Bonchev–Trinajstić information content (AvgIpc) is 2.52. The SMILES string of the molecule is C=C(CCNC)c1cccs1. The molecular weight excluding hydrogens is 154 g/mol. The van der Waals surface area contributed by atoms with E-state index >= 15 is 0 Å². The van der Waals surface area contributed by atoms with Gasteiger partial charge < -0.3 is 5.32 Å². The molecule has 1 aromatic rings. The number of hydrogen-bond acceptors (Lipinski definition) is 2. The van der Waals surface area contributed by atoms with Crippen molar-refractivity contribution in [2.45, 2.75) is 6.42 Å². The van der Waals surface area contributed by atoms with Crippen molar-refractivity contribution in [2.24, 2.45) is 0 Å². The van der Waals surface area contributed by atoms with Gasteiger partial charge in [0.05, 0.1) is 0 Å². The van der Waals surface area contributed by atoms with E-state index in [4.69, 9.17) is 0 Å². The minimum atomic E-state index is 1.01. The van der Waals surface area contributed by atoms with Gasteiger partial charge in [0.25, 0.3) is 0 Å². The molecule has 0 aliphatic rings. The Morgan fingerprint density at radius 1 is 1.73 bits per heavy atom. The topological polar surface area (TPSA) is 12.0 Å². The Bertz CT molecular complexity index is 213. The Kier molecular flexibility index (Phi) is 3.33. The molecule has 1 N–H and O–H groups in total. The summed E-state index contributed by atoms with van der Waals surface area (Å²) in [5, 5.41) is 5.19. The molecule has 0 spiro atoms. The molecule has 0 aliphatic carbocycles. The summed E-state index contributed by atoms with van der Waals surface area (Å²) in [6.45, 7) is 5.02. The molecule has 2 heteroatoms. The van der Waals surface area contributed by atoms with Crippen LogP contribution < -0.4 is 5.32 Å². The largest absolute Gasteiger partial charge is 0.319 e. The van der Waals surface area contributed by atoms with Crippen LogP contribution in [0.15, 0.2) is 24.1 Å². The van der Waals surface area contributed by atoms with Crippen LogP contribution in [0, 0.1) is 0 Å². The molecule has 11 heavy (non-hydrogen) atoms. The average molecular weight is 167 g/mol. The predicted octanol–water partition coefficient (Wildman–Crippen LogP) is 2.37. The Labute approximate surface area is 71.8 Å². The first-order valence-electron chi connectivity index (χ1n) is 3.71. The Morgan fingerprint density at radius 3 is 3.09 bits per heavy atom. The summed E-state index contributed by atoms with van der Waals surface area (Å²) in [5.41, 5.74) is 1.23. The molecule has 0 radical (unpaired) electrons. The normalized spacial score (nSPS) is 9.91. The van der Waals surface area contributed by atoms with E-state index in [1.54, 1.807) is 11.3 Å². The minimum absolute atomic E-state index is 1.01. The van der Waals surface area contributed by atoms with E-state index in [2.05, 4.69) is 29.4 Å². The van der Waals surface area contributed by atoms with Crippen LogP contribution in [0.1, 0.15) is 11.3 Å². The van der Waals surface area contributed by atoms with Crippen molar-refractivity contribution in [1.82, 2.24) is 5.32 Å². The first-order chi connectivity index (χ1) is 5.34. The fourth-order valence-electron chi connectivity index (χ4n) is 0.879. The van der Waals surface area contributed by atoms with Crippen LogP contribution in [-0.2, 0) is 0 Å². The number of thiophene rings is 1. The summed E-state index contributed by atoms with van der Waals surface area (Å²) in [4.78, 5) is 1.31. The minimum Gasteiger partial charge on any atom is -0.319 e. The highest BCUT2D eigenvalue weighted by molar-refractivity contribution is 7.11. The summed E-state index contributed by atoms with van der Waals surface area (Å²) < 4.78 is 0. The zero-order chi connectivity index (χ0) is 8.10. The smallest absolute Gasteiger partial charge is 0.0296 e. The molecule has 0 atom stereocenters. The van der Waals surface area contributed by atoms with Crippen molar-refractivity contribution >= 4 is 16.9 Å². The molecule has 0 aromatic carbocycles. The lowest BCUT2D eigenvalue weighted by molar-refractivity contribution is 0.817. The van der Waals surface area contributed by atoms with E-state index < -0.39 is 0 Å². The van der Waals surface area contributed by atoms with Crippen LogP contribution in [0.25, 0.3) is 5.57 Å². The fourth-order valence-corrected chi connectivity index (χ4v) is 1.61. The molecule has 0 aliphatic heterocycles. The molecule has 60 valence electrons. The number of nitrogens with one attached hydrogen (secondary N) is 1. The molecule has 1 heterocycles. The van der Waals surface area contributed by atoms with Crippen molar-refractivity contribution < 1.29 is 0 Å². The van der Waals surface area contributed by atoms with Gasteiger partial charge in [-0.25, -0.2) is 0 Å². The third-order valence-electron chi connectivity index (χ3n) is 1.55. The van der Waals surface area contributed by atoms with Gasteiger partial charge in [0.15, 0.2) is 0 Å².